The summed E-state index contributed by atoms with van der Waals surface area (Å²) in [5, 5.41) is 2.86. The maximum Gasteiger partial charge on any atom is 0.258 e. The van der Waals surface area contributed by atoms with Gasteiger partial charge in [-0.1, -0.05) is 26.0 Å². The van der Waals surface area contributed by atoms with Crippen molar-refractivity contribution in [2.45, 2.75) is 32.7 Å². The van der Waals surface area contributed by atoms with Crippen LogP contribution in [0.5, 0.6) is 17.2 Å². The standard InChI is InChI=1S/C21H27NO4/c1-15(2)17-5-7-19(8-6-17)26-14-21(23)22-16(3)13-25-20-11-9-18(24-4)10-12-20/h5-12,15-16H,13-14H2,1-4H3,(H,22,23)/t16-/m1/s1. The fourth-order valence-corrected chi connectivity index (χ4v) is 2.35. The van der Waals surface area contributed by atoms with Crippen LogP contribution in [0.15, 0.2) is 48.5 Å². The maximum absolute atomic E-state index is 12.0. The molecule has 0 bridgehead atoms. The van der Waals surface area contributed by atoms with Crippen molar-refractivity contribution < 1.29 is 19.0 Å². The molecule has 0 unspecified atom stereocenters. The number of ether oxygens (including phenoxy) is 3. The zero-order valence-electron chi connectivity index (χ0n) is 15.8. The average molecular weight is 357 g/mol. The molecule has 0 saturated carbocycles. The SMILES string of the molecule is COc1ccc(OC[C@@H](C)NC(=O)COc2ccc(C(C)C)cc2)cc1. The molecule has 2 aromatic rings. The Morgan fingerprint density at radius 2 is 1.42 bits per heavy atom. The monoisotopic (exact) mass is 357 g/mol. The minimum Gasteiger partial charge on any atom is -0.497 e. The molecule has 0 aliphatic carbocycles. The number of rotatable bonds is 9. The van der Waals surface area contributed by atoms with E-state index < -0.39 is 0 Å². The van der Waals surface area contributed by atoms with Crippen molar-refractivity contribution in [1.82, 2.24) is 5.32 Å². The molecule has 0 saturated heterocycles. The second-order valence-corrected chi connectivity index (χ2v) is 6.47. The zero-order chi connectivity index (χ0) is 18.9. The maximum atomic E-state index is 12.0. The highest BCUT2D eigenvalue weighted by molar-refractivity contribution is 5.77. The van der Waals surface area contributed by atoms with Gasteiger partial charge in [0.2, 0.25) is 0 Å². The zero-order valence-corrected chi connectivity index (χ0v) is 15.8. The third-order valence-electron chi connectivity index (χ3n) is 3.88. The quantitative estimate of drug-likeness (QED) is 0.742. The van der Waals surface area contributed by atoms with Crippen molar-refractivity contribution >= 4 is 5.91 Å². The van der Waals surface area contributed by atoms with Crippen LogP contribution >= 0.6 is 0 Å². The predicted molar refractivity (Wildman–Crippen MR) is 102 cm³/mol. The molecule has 0 aromatic heterocycles. The Kier molecular flexibility index (Phi) is 7.33. The van der Waals surface area contributed by atoms with Crippen LogP contribution in [0.25, 0.3) is 0 Å². The molecular formula is C21H27NO4. The van der Waals surface area contributed by atoms with Crippen molar-refractivity contribution in [3.63, 3.8) is 0 Å². The van der Waals surface area contributed by atoms with Gasteiger partial charge in [-0.05, 0) is 54.8 Å². The van der Waals surface area contributed by atoms with Gasteiger partial charge in [0, 0.05) is 0 Å². The first-order valence-corrected chi connectivity index (χ1v) is 8.77. The lowest BCUT2D eigenvalue weighted by molar-refractivity contribution is -0.123. The number of carbonyl (C=O) groups excluding carboxylic acids is 1. The Morgan fingerprint density at radius 1 is 0.885 bits per heavy atom. The summed E-state index contributed by atoms with van der Waals surface area (Å²) in [6, 6.07) is 15.0. The van der Waals surface area contributed by atoms with Crippen molar-refractivity contribution in [3.8, 4) is 17.2 Å². The molecule has 0 fully saturated rings. The fourth-order valence-electron chi connectivity index (χ4n) is 2.35. The topological polar surface area (TPSA) is 56.8 Å². The molecule has 26 heavy (non-hydrogen) atoms. The Bertz CT molecular complexity index is 680. The molecule has 0 spiro atoms. The van der Waals surface area contributed by atoms with E-state index in [1.165, 1.54) is 5.56 Å². The van der Waals surface area contributed by atoms with Gasteiger partial charge >= 0.3 is 0 Å². The molecule has 2 rings (SSSR count). The van der Waals surface area contributed by atoms with Gasteiger partial charge in [0.25, 0.3) is 5.91 Å². The van der Waals surface area contributed by atoms with Crippen molar-refractivity contribution in [3.05, 3.63) is 54.1 Å². The van der Waals surface area contributed by atoms with Crippen LogP contribution in [-0.4, -0.2) is 32.3 Å². The molecular weight excluding hydrogens is 330 g/mol. The van der Waals surface area contributed by atoms with Gasteiger partial charge in [-0.25, -0.2) is 0 Å². The lowest BCUT2D eigenvalue weighted by atomic mass is 10.0. The summed E-state index contributed by atoms with van der Waals surface area (Å²) in [6.07, 6.45) is 0. The number of methoxy groups -OCH3 is 1. The highest BCUT2D eigenvalue weighted by atomic mass is 16.5. The van der Waals surface area contributed by atoms with Crippen molar-refractivity contribution in [2.24, 2.45) is 0 Å². The van der Waals surface area contributed by atoms with Crippen molar-refractivity contribution in [1.29, 1.82) is 0 Å². The summed E-state index contributed by atoms with van der Waals surface area (Å²) in [5.41, 5.74) is 1.24. The first-order valence-electron chi connectivity index (χ1n) is 8.77. The molecule has 1 N–H and O–H groups in total. The van der Waals surface area contributed by atoms with Crippen LogP contribution in [0.4, 0.5) is 0 Å². The predicted octanol–water partition coefficient (Wildman–Crippen LogP) is 3.78. The van der Waals surface area contributed by atoms with Crippen LogP contribution in [0.3, 0.4) is 0 Å². The van der Waals surface area contributed by atoms with E-state index in [0.717, 1.165) is 11.5 Å². The molecule has 0 radical (unpaired) electrons. The Hall–Kier alpha value is -2.69. The van der Waals surface area contributed by atoms with Gasteiger partial charge in [0.1, 0.15) is 23.9 Å². The molecule has 1 amide bonds. The van der Waals surface area contributed by atoms with Crippen molar-refractivity contribution in [2.75, 3.05) is 20.3 Å². The van der Waals surface area contributed by atoms with Crippen LogP contribution in [0, 0.1) is 0 Å². The normalized spacial score (nSPS) is 11.7. The molecule has 0 aliphatic rings. The minimum atomic E-state index is -0.177. The summed E-state index contributed by atoms with van der Waals surface area (Å²) in [7, 11) is 1.62. The van der Waals surface area contributed by atoms with E-state index in [1.54, 1.807) is 7.11 Å². The second-order valence-electron chi connectivity index (χ2n) is 6.47. The van der Waals surface area contributed by atoms with Gasteiger partial charge < -0.3 is 19.5 Å². The molecule has 0 heterocycles. The first-order chi connectivity index (χ1) is 12.5. The van der Waals surface area contributed by atoms with Gasteiger partial charge in [-0.15, -0.1) is 0 Å². The number of amides is 1. The van der Waals surface area contributed by atoms with Crippen LogP contribution in [0.2, 0.25) is 0 Å². The van der Waals surface area contributed by atoms with E-state index in [2.05, 4.69) is 19.2 Å². The van der Waals surface area contributed by atoms with Crippen LogP contribution in [-0.2, 0) is 4.79 Å². The summed E-state index contributed by atoms with van der Waals surface area (Å²) in [6.45, 7) is 6.52. The lowest BCUT2D eigenvalue weighted by Crippen LogP contribution is -2.39. The van der Waals surface area contributed by atoms with Gasteiger partial charge in [-0.3, -0.25) is 4.79 Å². The number of hydrogen-bond donors (Lipinski definition) is 1. The third-order valence-corrected chi connectivity index (χ3v) is 3.88. The fraction of sp³-hybridized carbons (Fsp3) is 0.381. The van der Waals surface area contributed by atoms with E-state index in [4.69, 9.17) is 14.2 Å². The number of carbonyl (C=O) groups is 1. The first kappa shape index (κ1) is 19.6. The smallest absolute Gasteiger partial charge is 0.258 e. The summed E-state index contributed by atoms with van der Waals surface area (Å²) in [5.74, 6) is 2.49. The molecule has 5 nitrogen and oxygen atoms in total. The van der Waals surface area contributed by atoms with E-state index in [1.807, 2.05) is 55.5 Å². The Morgan fingerprint density at radius 3 is 2.00 bits per heavy atom. The van der Waals surface area contributed by atoms with Gasteiger partial charge in [0.05, 0.1) is 13.2 Å². The number of nitrogens with one attached hydrogen (secondary N) is 1. The average Bonchev–Trinajstić information content (AvgIpc) is 2.65. The molecule has 2 aromatic carbocycles. The number of benzene rings is 2. The Labute approximate surface area is 155 Å². The molecule has 1 atom stereocenters. The highest BCUT2D eigenvalue weighted by Crippen LogP contribution is 2.19. The van der Waals surface area contributed by atoms with E-state index in [9.17, 15) is 4.79 Å². The summed E-state index contributed by atoms with van der Waals surface area (Å²) >= 11 is 0. The van der Waals surface area contributed by atoms with E-state index >= 15 is 0 Å². The van der Waals surface area contributed by atoms with Gasteiger partial charge in [0.15, 0.2) is 6.61 Å². The number of hydrogen-bond acceptors (Lipinski definition) is 4. The second kappa shape index (κ2) is 9.70. The molecule has 140 valence electrons. The molecule has 5 heteroatoms. The largest absolute Gasteiger partial charge is 0.497 e. The molecule has 0 aliphatic heterocycles. The van der Waals surface area contributed by atoms with E-state index in [0.29, 0.717) is 18.3 Å². The van der Waals surface area contributed by atoms with E-state index in [-0.39, 0.29) is 18.6 Å². The Balaban J connectivity index is 1.70. The van der Waals surface area contributed by atoms with Crippen LogP contribution < -0.4 is 19.5 Å². The van der Waals surface area contributed by atoms with Crippen LogP contribution in [0.1, 0.15) is 32.3 Å². The summed E-state index contributed by atoms with van der Waals surface area (Å²) < 4.78 is 16.3. The minimum absolute atomic E-state index is 0.0199. The lowest BCUT2D eigenvalue weighted by Gasteiger charge is -2.15. The highest BCUT2D eigenvalue weighted by Gasteiger charge is 2.09. The summed E-state index contributed by atoms with van der Waals surface area (Å²) in [4.78, 5) is 12.0. The third kappa shape index (κ3) is 6.31. The van der Waals surface area contributed by atoms with Gasteiger partial charge in [-0.2, -0.15) is 0 Å².